The van der Waals surface area contributed by atoms with E-state index in [0.717, 1.165) is 19.3 Å². The van der Waals surface area contributed by atoms with Crippen LogP contribution in [0.25, 0.3) is 37.9 Å². The Bertz CT molecular complexity index is 3710. The van der Waals surface area contributed by atoms with E-state index in [0.29, 0.717) is 5.92 Å². The first-order valence-corrected chi connectivity index (χ1v) is 27.7. The van der Waals surface area contributed by atoms with Crippen LogP contribution in [0.5, 0.6) is 0 Å². The van der Waals surface area contributed by atoms with Gasteiger partial charge in [-0.1, -0.05) is 243 Å². The zero-order chi connectivity index (χ0) is 53.4. The van der Waals surface area contributed by atoms with E-state index in [4.69, 9.17) is 0 Å². The van der Waals surface area contributed by atoms with Gasteiger partial charge in [-0.3, -0.25) is 0 Å². The van der Waals surface area contributed by atoms with E-state index in [9.17, 15) is 0 Å². The summed E-state index contributed by atoms with van der Waals surface area (Å²) in [6, 6.07) is 70.6. The van der Waals surface area contributed by atoms with Gasteiger partial charge in [0.1, 0.15) is 0 Å². The summed E-state index contributed by atoms with van der Waals surface area (Å²) in [6.45, 7) is 20.7. The Morgan fingerprint density at radius 3 is 1.72 bits per heavy atom. The van der Waals surface area contributed by atoms with Crippen molar-refractivity contribution in [1.29, 1.82) is 0 Å². The maximum absolute atomic E-state index is 2.44. The lowest BCUT2D eigenvalue weighted by molar-refractivity contribution is 0.582. The van der Waals surface area contributed by atoms with E-state index in [-0.39, 0.29) is 16.2 Å². The molecule has 382 valence electrons. The number of hydrogen-bond acceptors (Lipinski definition) is 2. The van der Waals surface area contributed by atoms with E-state index in [2.05, 4.69) is 305 Å². The van der Waals surface area contributed by atoms with E-state index < -0.39 is 0 Å². The summed E-state index contributed by atoms with van der Waals surface area (Å²) >= 11 is 0. The first-order chi connectivity index (χ1) is 36.7. The fraction of sp³-hybridized carbons (Fsp3) is 0.243. The van der Waals surface area contributed by atoms with Crippen LogP contribution in [-0.2, 0) is 35.5 Å². The van der Waals surface area contributed by atoms with Crippen molar-refractivity contribution in [3.8, 4) is 0 Å². The molecule has 2 nitrogen and oxygen atoms in total. The molecule has 9 aromatic rings. The van der Waals surface area contributed by atoms with Gasteiger partial charge in [-0.2, -0.15) is 0 Å². The first-order valence-electron chi connectivity index (χ1n) is 27.7. The smallest absolute Gasteiger partial charge is 0.0454 e. The normalized spacial score (nSPS) is 18.5. The lowest BCUT2D eigenvalue weighted by Gasteiger charge is -2.30. The Kier molecular flexibility index (Phi) is 14.4. The second-order valence-electron chi connectivity index (χ2n) is 22.7. The SMILES string of the molecule is C/C=C1/N(C)c2cc3ccccc3cc2C1(C)C.CC1=C(/C=C/C=C2/N(C)c3ccccc3C2(C)C)C(C)(Cc2ccccc2)c2c1ccc1ccccc21.CCc1ccc2ccccc2c1C(C)Cc1ccccc1. The van der Waals surface area contributed by atoms with Crippen molar-refractivity contribution in [1.82, 2.24) is 0 Å². The highest BCUT2D eigenvalue weighted by atomic mass is 15.2. The van der Waals surface area contributed by atoms with E-state index >= 15 is 0 Å². The standard InChI is InChI=1S/C36H35N.C21H22.C17H19N/c1-25-28-23-22-27-16-9-10-17-29(27)34(28)36(4,24-26-14-7-6-8-15-26)30(25)19-13-21-33-35(2,3)31-18-11-12-20-32(31)37(33)5;1-3-18-13-14-19-11-7-8-12-20(19)21(18)16(2)15-17-9-5-4-6-10-17;1-5-16-17(2,3)14-10-12-8-6-7-9-13(12)11-15(14)18(16)4/h6-23H,24H2,1-5H3;4-14,16H,3,15H2,1-2H3;5-11H,1-4H3/b19-13+,33-21+;;16-5+. The zero-order valence-corrected chi connectivity index (χ0v) is 46.9. The molecule has 0 saturated heterocycles. The summed E-state index contributed by atoms with van der Waals surface area (Å²) in [5.41, 5.74) is 19.6. The van der Waals surface area contributed by atoms with Gasteiger partial charge < -0.3 is 9.80 Å². The fourth-order valence-electron chi connectivity index (χ4n) is 13.5. The minimum Gasteiger partial charge on any atom is -0.347 e. The van der Waals surface area contributed by atoms with E-state index in [1.54, 1.807) is 0 Å². The minimum absolute atomic E-state index is 0.0265. The molecule has 2 atom stereocenters. The second kappa shape index (κ2) is 21.2. The van der Waals surface area contributed by atoms with Crippen LogP contribution < -0.4 is 9.80 Å². The molecule has 0 saturated carbocycles. The molecule has 9 aromatic carbocycles. The van der Waals surface area contributed by atoms with Crippen LogP contribution in [0.4, 0.5) is 11.4 Å². The molecule has 0 radical (unpaired) electrons. The highest BCUT2D eigenvalue weighted by Crippen LogP contribution is 2.52. The van der Waals surface area contributed by atoms with Crippen LogP contribution in [0.1, 0.15) is 113 Å². The third kappa shape index (κ3) is 9.42. The van der Waals surface area contributed by atoms with Gasteiger partial charge in [0.15, 0.2) is 0 Å². The predicted octanol–water partition coefficient (Wildman–Crippen LogP) is 19.2. The molecule has 2 aliphatic heterocycles. The number of likely N-dealkylation sites (N-methyl/N-ethyl adjacent to an activating group) is 2. The van der Waals surface area contributed by atoms with Gasteiger partial charge in [-0.25, -0.2) is 0 Å². The monoisotopic (exact) mass is 993 g/mol. The van der Waals surface area contributed by atoms with Gasteiger partial charge >= 0.3 is 0 Å². The Morgan fingerprint density at radius 2 is 1.07 bits per heavy atom. The van der Waals surface area contributed by atoms with Gasteiger partial charge in [0.25, 0.3) is 0 Å². The molecule has 76 heavy (non-hydrogen) atoms. The number of hydrogen-bond donors (Lipinski definition) is 0. The van der Waals surface area contributed by atoms with Crippen molar-refractivity contribution in [2.75, 3.05) is 23.9 Å². The molecule has 2 unspecified atom stereocenters. The van der Waals surface area contributed by atoms with E-state index in [1.165, 1.54) is 111 Å². The quantitative estimate of drug-likeness (QED) is 0.150. The number of nitrogens with zero attached hydrogens (tertiary/aromatic N) is 2. The summed E-state index contributed by atoms with van der Waals surface area (Å²) < 4.78 is 0. The maximum Gasteiger partial charge on any atom is 0.0454 e. The molecule has 0 N–H and O–H groups in total. The summed E-state index contributed by atoms with van der Waals surface area (Å²) in [4.78, 5) is 4.67. The largest absolute Gasteiger partial charge is 0.347 e. The molecule has 0 amide bonds. The molecule has 2 heteroatoms. The molecule has 0 fully saturated rings. The number of para-hydroxylation sites is 1. The van der Waals surface area contributed by atoms with Crippen molar-refractivity contribution in [2.24, 2.45) is 0 Å². The lowest BCUT2D eigenvalue weighted by Crippen LogP contribution is -2.25. The number of aryl methyl sites for hydroxylation is 1. The topological polar surface area (TPSA) is 6.48 Å². The molecule has 3 aliphatic rings. The van der Waals surface area contributed by atoms with Crippen LogP contribution in [0.15, 0.2) is 235 Å². The van der Waals surface area contributed by atoms with Crippen molar-refractivity contribution in [3.63, 3.8) is 0 Å². The summed E-state index contributed by atoms with van der Waals surface area (Å²) in [5.74, 6) is 0.536. The molecule has 2 heterocycles. The maximum atomic E-state index is 2.44. The molecule has 0 bridgehead atoms. The van der Waals surface area contributed by atoms with Gasteiger partial charge in [-0.15, -0.1) is 0 Å². The third-order valence-corrected chi connectivity index (χ3v) is 17.2. The fourth-order valence-corrected chi connectivity index (χ4v) is 13.5. The van der Waals surface area contributed by atoms with Gasteiger partial charge in [0.2, 0.25) is 0 Å². The number of fused-ring (bicyclic) bond motifs is 7. The van der Waals surface area contributed by atoms with Crippen molar-refractivity contribution in [3.05, 3.63) is 280 Å². The van der Waals surface area contributed by atoms with Crippen molar-refractivity contribution in [2.45, 2.75) is 104 Å². The minimum atomic E-state index is -0.114. The van der Waals surface area contributed by atoms with Gasteiger partial charge in [0.05, 0.1) is 0 Å². The second-order valence-corrected chi connectivity index (χ2v) is 22.7. The Morgan fingerprint density at radius 1 is 0.526 bits per heavy atom. The van der Waals surface area contributed by atoms with Crippen LogP contribution in [-0.4, -0.2) is 14.1 Å². The number of anilines is 2. The first kappa shape index (κ1) is 51.8. The van der Waals surface area contributed by atoms with Gasteiger partial charge in [0, 0.05) is 53.1 Å². The summed E-state index contributed by atoms with van der Waals surface area (Å²) in [6.07, 6.45) is 12.4. The Hall–Kier alpha value is -7.68. The predicted molar refractivity (Wildman–Crippen MR) is 330 cm³/mol. The molecule has 0 spiro atoms. The average molecular weight is 993 g/mol. The van der Waals surface area contributed by atoms with Crippen molar-refractivity contribution < 1.29 is 0 Å². The van der Waals surface area contributed by atoms with Crippen molar-refractivity contribution >= 4 is 49.3 Å². The Balaban J connectivity index is 0.000000142. The number of allylic oxidation sites excluding steroid dienone is 8. The summed E-state index contributed by atoms with van der Waals surface area (Å²) in [7, 11) is 4.35. The zero-order valence-electron chi connectivity index (χ0n) is 46.9. The Labute approximate surface area is 454 Å². The molecule has 12 rings (SSSR count). The highest BCUT2D eigenvalue weighted by molar-refractivity contribution is 5.97. The number of rotatable bonds is 8. The van der Waals surface area contributed by atoms with Gasteiger partial charge in [-0.05, 0) is 151 Å². The van der Waals surface area contributed by atoms with Crippen LogP contribution in [0, 0.1) is 0 Å². The lowest BCUT2D eigenvalue weighted by atomic mass is 9.72. The third-order valence-electron chi connectivity index (χ3n) is 17.2. The highest BCUT2D eigenvalue weighted by Gasteiger charge is 2.42. The molecule has 1 aliphatic carbocycles. The summed E-state index contributed by atoms with van der Waals surface area (Å²) in [5, 5.41) is 8.09. The van der Waals surface area contributed by atoms with Crippen LogP contribution >= 0.6 is 0 Å². The van der Waals surface area contributed by atoms with Crippen LogP contribution in [0.2, 0.25) is 0 Å². The van der Waals surface area contributed by atoms with Crippen LogP contribution in [0.3, 0.4) is 0 Å². The molecule has 0 aromatic heterocycles. The number of benzene rings is 9. The average Bonchev–Trinajstić information content (AvgIpc) is 3.88. The molecular formula is C74H76N2. The van der Waals surface area contributed by atoms with E-state index in [1.807, 2.05) is 0 Å². The molecular weight excluding hydrogens is 917 g/mol.